The maximum absolute atomic E-state index is 6.21. The minimum atomic E-state index is 0.0481. The van der Waals surface area contributed by atoms with Crippen molar-refractivity contribution >= 4 is 11.6 Å². The highest BCUT2D eigenvalue weighted by Crippen LogP contribution is 2.39. The molecule has 82 valence electrons. The molecule has 2 nitrogen and oxygen atoms in total. The average molecular weight is 226 g/mol. The number of halogens is 1. The summed E-state index contributed by atoms with van der Waals surface area (Å²) in [5.74, 6) is 0. The smallest absolute Gasteiger partial charge is 0.0586 e. The summed E-state index contributed by atoms with van der Waals surface area (Å²) in [4.78, 5) is 0. The van der Waals surface area contributed by atoms with E-state index in [2.05, 4.69) is 6.07 Å². The highest BCUT2D eigenvalue weighted by molar-refractivity contribution is 6.31. The van der Waals surface area contributed by atoms with Crippen LogP contribution in [0.5, 0.6) is 0 Å². The van der Waals surface area contributed by atoms with Gasteiger partial charge in [-0.15, -0.1) is 0 Å². The molecule has 1 heterocycles. The normalized spacial score (nSPS) is 20.7. The maximum Gasteiger partial charge on any atom is 0.0586 e. The van der Waals surface area contributed by atoms with Crippen LogP contribution in [0.2, 0.25) is 5.02 Å². The molecule has 1 aromatic rings. The lowest BCUT2D eigenvalue weighted by molar-refractivity contribution is -0.0664. The molecule has 0 bridgehead atoms. The molecular weight excluding hydrogens is 210 g/mol. The van der Waals surface area contributed by atoms with Gasteiger partial charge in [-0.2, -0.15) is 0 Å². The third kappa shape index (κ3) is 2.03. The number of ether oxygens (including phenoxy) is 1. The van der Waals surface area contributed by atoms with Crippen molar-refractivity contribution in [3.05, 3.63) is 34.9 Å². The van der Waals surface area contributed by atoms with Gasteiger partial charge in [0, 0.05) is 16.5 Å². The molecule has 2 rings (SSSR count). The van der Waals surface area contributed by atoms with Crippen LogP contribution < -0.4 is 5.73 Å². The SMILES string of the molecule is CC(N)CC1(c2ccccc2Cl)COC1. The molecule has 1 atom stereocenters. The molecule has 0 radical (unpaired) electrons. The summed E-state index contributed by atoms with van der Waals surface area (Å²) in [5.41, 5.74) is 7.10. The highest BCUT2D eigenvalue weighted by atomic mass is 35.5. The molecule has 2 N–H and O–H groups in total. The fourth-order valence-electron chi connectivity index (χ4n) is 2.24. The van der Waals surface area contributed by atoms with Crippen LogP contribution >= 0.6 is 11.6 Å². The summed E-state index contributed by atoms with van der Waals surface area (Å²) < 4.78 is 5.33. The molecule has 1 unspecified atom stereocenters. The van der Waals surface area contributed by atoms with Gasteiger partial charge in [0.05, 0.1) is 13.2 Å². The van der Waals surface area contributed by atoms with E-state index < -0.39 is 0 Å². The van der Waals surface area contributed by atoms with Crippen molar-refractivity contribution in [2.24, 2.45) is 5.73 Å². The first-order valence-corrected chi connectivity index (χ1v) is 5.60. The van der Waals surface area contributed by atoms with E-state index in [9.17, 15) is 0 Å². The van der Waals surface area contributed by atoms with Crippen LogP contribution in [0.1, 0.15) is 18.9 Å². The van der Waals surface area contributed by atoms with Gasteiger partial charge in [0.25, 0.3) is 0 Å². The molecule has 1 aliphatic heterocycles. The average Bonchev–Trinajstić information content (AvgIpc) is 2.12. The minimum Gasteiger partial charge on any atom is -0.379 e. The molecule has 0 aromatic heterocycles. The van der Waals surface area contributed by atoms with E-state index in [0.717, 1.165) is 24.7 Å². The van der Waals surface area contributed by atoms with Crippen molar-refractivity contribution < 1.29 is 4.74 Å². The summed E-state index contributed by atoms with van der Waals surface area (Å²) in [7, 11) is 0. The number of benzene rings is 1. The van der Waals surface area contributed by atoms with Gasteiger partial charge in [0.15, 0.2) is 0 Å². The standard InChI is InChI=1S/C12H16ClNO/c1-9(14)6-12(7-15-8-12)10-4-2-3-5-11(10)13/h2-5,9H,6-8,14H2,1H3. The van der Waals surface area contributed by atoms with Crippen LogP contribution in [0, 0.1) is 0 Å². The van der Waals surface area contributed by atoms with Gasteiger partial charge in [-0.25, -0.2) is 0 Å². The summed E-state index contributed by atoms with van der Waals surface area (Å²) in [6.45, 7) is 3.49. The van der Waals surface area contributed by atoms with Crippen molar-refractivity contribution in [3.63, 3.8) is 0 Å². The Bertz CT molecular complexity index is 347. The first-order valence-electron chi connectivity index (χ1n) is 5.22. The van der Waals surface area contributed by atoms with E-state index in [1.807, 2.05) is 25.1 Å². The Morgan fingerprint density at radius 1 is 1.47 bits per heavy atom. The largest absolute Gasteiger partial charge is 0.379 e. The Kier molecular flexibility index (Phi) is 3.01. The van der Waals surface area contributed by atoms with Gasteiger partial charge in [0.2, 0.25) is 0 Å². The predicted molar refractivity (Wildman–Crippen MR) is 62.2 cm³/mol. The number of hydrogen-bond acceptors (Lipinski definition) is 2. The zero-order valence-corrected chi connectivity index (χ0v) is 9.63. The van der Waals surface area contributed by atoms with Gasteiger partial charge in [-0.1, -0.05) is 29.8 Å². The molecule has 1 aromatic carbocycles. The number of rotatable bonds is 3. The van der Waals surface area contributed by atoms with E-state index in [1.54, 1.807) is 0 Å². The molecule has 1 saturated heterocycles. The third-order valence-electron chi connectivity index (χ3n) is 2.91. The summed E-state index contributed by atoms with van der Waals surface area (Å²) in [6, 6.07) is 8.14. The molecule has 15 heavy (non-hydrogen) atoms. The topological polar surface area (TPSA) is 35.2 Å². The van der Waals surface area contributed by atoms with Crippen LogP contribution in [0.25, 0.3) is 0 Å². The first kappa shape index (κ1) is 10.9. The molecule has 1 aliphatic rings. The lowest BCUT2D eigenvalue weighted by atomic mass is 9.74. The van der Waals surface area contributed by atoms with Gasteiger partial charge in [-0.3, -0.25) is 0 Å². The molecule has 1 fully saturated rings. The van der Waals surface area contributed by atoms with Crippen molar-refractivity contribution in [2.45, 2.75) is 24.8 Å². The van der Waals surface area contributed by atoms with E-state index in [0.29, 0.717) is 0 Å². The van der Waals surface area contributed by atoms with Gasteiger partial charge < -0.3 is 10.5 Å². The highest BCUT2D eigenvalue weighted by Gasteiger charge is 2.41. The van der Waals surface area contributed by atoms with Gasteiger partial charge >= 0.3 is 0 Å². The Labute approximate surface area is 95.4 Å². The van der Waals surface area contributed by atoms with Crippen LogP contribution in [0.4, 0.5) is 0 Å². The molecule has 3 heteroatoms. The monoisotopic (exact) mass is 225 g/mol. The summed E-state index contributed by atoms with van der Waals surface area (Å²) in [5, 5.41) is 0.821. The van der Waals surface area contributed by atoms with Crippen molar-refractivity contribution in [1.29, 1.82) is 0 Å². The van der Waals surface area contributed by atoms with E-state index >= 15 is 0 Å². The van der Waals surface area contributed by atoms with Crippen molar-refractivity contribution in [2.75, 3.05) is 13.2 Å². The van der Waals surface area contributed by atoms with E-state index in [4.69, 9.17) is 22.1 Å². The maximum atomic E-state index is 6.21. The molecule has 0 aliphatic carbocycles. The lowest BCUT2D eigenvalue weighted by Crippen LogP contribution is -2.49. The molecular formula is C12H16ClNO. The van der Waals surface area contributed by atoms with Gasteiger partial charge in [-0.05, 0) is 25.0 Å². The molecule has 0 saturated carbocycles. The second-order valence-corrected chi connectivity index (χ2v) is 4.84. The fraction of sp³-hybridized carbons (Fsp3) is 0.500. The Balaban J connectivity index is 2.30. The Hall–Kier alpha value is -0.570. The van der Waals surface area contributed by atoms with Crippen molar-refractivity contribution in [1.82, 2.24) is 0 Å². The minimum absolute atomic E-state index is 0.0481. The zero-order valence-electron chi connectivity index (χ0n) is 8.87. The lowest BCUT2D eigenvalue weighted by Gasteiger charge is -2.43. The number of hydrogen-bond donors (Lipinski definition) is 1. The Morgan fingerprint density at radius 3 is 2.60 bits per heavy atom. The first-order chi connectivity index (χ1) is 7.14. The van der Waals surface area contributed by atoms with Crippen molar-refractivity contribution in [3.8, 4) is 0 Å². The fourth-order valence-corrected chi connectivity index (χ4v) is 2.58. The van der Waals surface area contributed by atoms with Crippen LogP contribution in [0.15, 0.2) is 24.3 Å². The quantitative estimate of drug-likeness (QED) is 0.857. The number of nitrogens with two attached hydrogens (primary N) is 1. The third-order valence-corrected chi connectivity index (χ3v) is 3.24. The predicted octanol–water partition coefficient (Wildman–Crippen LogP) is 2.35. The zero-order chi connectivity index (χ0) is 10.9. The van der Waals surface area contributed by atoms with Crippen LogP contribution in [0.3, 0.4) is 0 Å². The molecule has 0 spiro atoms. The molecule has 0 amide bonds. The van der Waals surface area contributed by atoms with Crippen LogP contribution in [-0.2, 0) is 10.2 Å². The second-order valence-electron chi connectivity index (χ2n) is 4.43. The van der Waals surface area contributed by atoms with Gasteiger partial charge in [0.1, 0.15) is 0 Å². The van der Waals surface area contributed by atoms with Crippen LogP contribution in [-0.4, -0.2) is 19.3 Å². The van der Waals surface area contributed by atoms with E-state index in [1.165, 1.54) is 5.56 Å². The second kappa shape index (κ2) is 4.12. The van der Waals surface area contributed by atoms with E-state index in [-0.39, 0.29) is 11.5 Å². The summed E-state index contributed by atoms with van der Waals surface area (Å²) in [6.07, 6.45) is 0.927. The Morgan fingerprint density at radius 2 is 2.13 bits per heavy atom. The summed E-state index contributed by atoms with van der Waals surface area (Å²) >= 11 is 6.21.